The van der Waals surface area contributed by atoms with Gasteiger partial charge in [-0.2, -0.15) is 0 Å². The van der Waals surface area contributed by atoms with Crippen LogP contribution in [0.5, 0.6) is 0 Å². The van der Waals surface area contributed by atoms with Gasteiger partial charge in [0.15, 0.2) is 0 Å². The fourth-order valence-electron chi connectivity index (χ4n) is 1.82. The first kappa shape index (κ1) is 13.2. The number of hydrogen-bond donors (Lipinski definition) is 1. The molecule has 0 aliphatic rings. The minimum absolute atomic E-state index is 0.502. The van der Waals surface area contributed by atoms with Crippen molar-refractivity contribution in [2.75, 3.05) is 20.8 Å². The molecule has 0 amide bonds. The molecule has 2 nitrogen and oxygen atoms in total. The van der Waals surface area contributed by atoms with Crippen molar-refractivity contribution >= 4 is 0 Å². The summed E-state index contributed by atoms with van der Waals surface area (Å²) in [6.07, 6.45) is 2.13. The molecular formula is C14H23NO. The standard InChI is InChI=1S/C14H23NO/c1-11-5-6-13(9-12(11)2)10-14(15-3)7-8-16-4/h5-6,9,14-15H,7-8,10H2,1-4H3. The lowest BCUT2D eigenvalue weighted by Gasteiger charge is -2.16. The van der Waals surface area contributed by atoms with Crippen LogP contribution < -0.4 is 5.32 Å². The van der Waals surface area contributed by atoms with Crippen molar-refractivity contribution in [3.05, 3.63) is 34.9 Å². The van der Waals surface area contributed by atoms with Crippen LogP contribution in [-0.2, 0) is 11.2 Å². The van der Waals surface area contributed by atoms with Crippen LogP contribution in [0.3, 0.4) is 0 Å². The molecule has 16 heavy (non-hydrogen) atoms. The first-order valence-electron chi connectivity index (χ1n) is 5.89. The molecule has 0 heterocycles. The SMILES string of the molecule is CNC(CCOC)Cc1ccc(C)c(C)c1. The van der Waals surface area contributed by atoms with E-state index >= 15 is 0 Å². The Morgan fingerprint density at radius 2 is 2.00 bits per heavy atom. The van der Waals surface area contributed by atoms with E-state index in [1.807, 2.05) is 7.05 Å². The molecule has 1 aromatic carbocycles. The van der Waals surface area contributed by atoms with Crippen molar-refractivity contribution < 1.29 is 4.74 Å². The topological polar surface area (TPSA) is 21.3 Å². The fraction of sp³-hybridized carbons (Fsp3) is 0.571. The highest BCUT2D eigenvalue weighted by atomic mass is 16.5. The summed E-state index contributed by atoms with van der Waals surface area (Å²) in [5.74, 6) is 0. The molecule has 0 saturated carbocycles. The second-order valence-electron chi connectivity index (χ2n) is 4.39. The average molecular weight is 221 g/mol. The van der Waals surface area contributed by atoms with E-state index in [-0.39, 0.29) is 0 Å². The first-order chi connectivity index (χ1) is 7.67. The highest BCUT2D eigenvalue weighted by molar-refractivity contribution is 5.30. The summed E-state index contributed by atoms with van der Waals surface area (Å²) < 4.78 is 5.11. The van der Waals surface area contributed by atoms with Gasteiger partial charge in [0.05, 0.1) is 0 Å². The Balaban J connectivity index is 2.59. The summed E-state index contributed by atoms with van der Waals surface area (Å²) in [5, 5.41) is 3.34. The first-order valence-corrected chi connectivity index (χ1v) is 5.89. The molecule has 1 atom stereocenters. The second kappa shape index (κ2) is 6.66. The van der Waals surface area contributed by atoms with Gasteiger partial charge < -0.3 is 10.1 Å². The summed E-state index contributed by atoms with van der Waals surface area (Å²) in [6.45, 7) is 5.14. The van der Waals surface area contributed by atoms with Gasteiger partial charge in [0.25, 0.3) is 0 Å². The second-order valence-corrected chi connectivity index (χ2v) is 4.39. The summed E-state index contributed by atoms with van der Waals surface area (Å²) in [6, 6.07) is 7.21. The highest BCUT2D eigenvalue weighted by Crippen LogP contribution is 2.12. The molecule has 0 fully saturated rings. The van der Waals surface area contributed by atoms with Crippen molar-refractivity contribution in [1.82, 2.24) is 5.32 Å². The van der Waals surface area contributed by atoms with E-state index in [0.717, 1.165) is 19.4 Å². The number of benzene rings is 1. The average Bonchev–Trinajstić information content (AvgIpc) is 2.29. The monoisotopic (exact) mass is 221 g/mol. The van der Waals surface area contributed by atoms with Crippen LogP contribution in [0.2, 0.25) is 0 Å². The Morgan fingerprint density at radius 3 is 2.56 bits per heavy atom. The molecule has 2 heteroatoms. The molecule has 0 spiro atoms. The Kier molecular flexibility index (Phi) is 5.50. The molecule has 1 aromatic rings. The fourth-order valence-corrected chi connectivity index (χ4v) is 1.82. The van der Waals surface area contributed by atoms with Crippen LogP contribution in [-0.4, -0.2) is 26.8 Å². The third-order valence-electron chi connectivity index (χ3n) is 3.13. The van der Waals surface area contributed by atoms with Crippen molar-refractivity contribution in [1.29, 1.82) is 0 Å². The summed E-state index contributed by atoms with van der Waals surface area (Å²) >= 11 is 0. The van der Waals surface area contributed by atoms with Gasteiger partial charge >= 0.3 is 0 Å². The van der Waals surface area contributed by atoms with E-state index in [1.165, 1.54) is 16.7 Å². The van der Waals surface area contributed by atoms with Crippen LogP contribution >= 0.6 is 0 Å². The van der Waals surface area contributed by atoms with Crippen molar-refractivity contribution in [2.24, 2.45) is 0 Å². The van der Waals surface area contributed by atoms with E-state index in [0.29, 0.717) is 6.04 Å². The van der Waals surface area contributed by atoms with Gasteiger partial charge in [0, 0.05) is 19.8 Å². The van der Waals surface area contributed by atoms with E-state index in [9.17, 15) is 0 Å². The molecule has 0 radical (unpaired) electrons. The maximum absolute atomic E-state index is 5.11. The van der Waals surface area contributed by atoms with Crippen LogP contribution in [0.25, 0.3) is 0 Å². The lowest BCUT2D eigenvalue weighted by atomic mass is 10.00. The number of methoxy groups -OCH3 is 1. The molecule has 0 aliphatic heterocycles. The third-order valence-corrected chi connectivity index (χ3v) is 3.13. The Bertz CT molecular complexity index is 323. The number of aryl methyl sites for hydroxylation is 2. The van der Waals surface area contributed by atoms with E-state index in [2.05, 4.69) is 37.4 Å². The molecule has 90 valence electrons. The van der Waals surface area contributed by atoms with Crippen LogP contribution in [0, 0.1) is 13.8 Å². The minimum atomic E-state index is 0.502. The summed E-state index contributed by atoms with van der Waals surface area (Å²) in [4.78, 5) is 0. The van der Waals surface area contributed by atoms with Crippen molar-refractivity contribution in [3.8, 4) is 0 Å². The van der Waals surface area contributed by atoms with Crippen LogP contribution in [0.15, 0.2) is 18.2 Å². The van der Waals surface area contributed by atoms with Gasteiger partial charge in [-0.05, 0) is 50.4 Å². The predicted octanol–water partition coefficient (Wildman–Crippen LogP) is 2.47. The van der Waals surface area contributed by atoms with Crippen LogP contribution in [0.4, 0.5) is 0 Å². The summed E-state index contributed by atoms with van der Waals surface area (Å²) in [5.41, 5.74) is 4.14. The van der Waals surface area contributed by atoms with Gasteiger partial charge in [0.1, 0.15) is 0 Å². The molecule has 1 N–H and O–H groups in total. The normalized spacial score (nSPS) is 12.8. The number of rotatable bonds is 6. The van der Waals surface area contributed by atoms with Crippen molar-refractivity contribution in [2.45, 2.75) is 32.7 Å². The van der Waals surface area contributed by atoms with Gasteiger partial charge in [0.2, 0.25) is 0 Å². The quantitative estimate of drug-likeness (QED) is 0.797. The maximum atomic E-state index is 5.11. The smallest absolute Gasteiger partial charge is 0.0477 e. The Hall–Kier alpha value is -0.860. The van der Waals surface area contributed by atoms with E-state index < -0.39 is 0 Å². The number of nitrogens with one attached hydrogen (secondary N) is 1. The van der Waals surface area contributed by atoms with Gasteiger partial charge in [-0.25, -0.2) is 0 Å². The van der Waals surface area contributed by atoms with Crippen LogP contribution in [0.1, 0.15) is 23.1 Å². The zero-order chi connectivity index (χ0) is 12.0. The maximum Gasteiger partial charge on any atom is 0.0477 e. The molecular weight excluding hydrogens is 198 g/mol. The molecule has 0 saturated heterocycles. The molecule has 0 aromatic heterocycles. The lowest BCUT2D eigenvalue weighted by Crippen LogP contribution is -2.28. The van der Waals surface area contributed by atoms with E-state index in [4.69, 9.17) is 4.74 Å². The number of likely N-dealkylation sites (N-methyl/N-ethyl adjacent to an activating group) is 1. The zero-order valence-corrected chi connectivity index (χ0v) is 10.8. The number of hydrogen-bond acceptors (Lipinski definition) is 2. The number of ether oxygens (including phenoxy) is 1. The molecule has 1 rings (SSSR count). The third kappa shape index (κ3) is 3.95. The van der Waals surface area contributed by atoms with Gasteiger partial charge in [-0.1, -0.05) is 18.2 Å². The van der Waals surface area contributed by atoms with Gasteiger partial charge in [-0.15, -0.1) is 0 Å². The Morgan fingerprint density at radius 1 is 1.25 bits per heavy atom. The predicted molar refractivity (Wildman–Crippen MR) is 69.0 cm³/mol. The summed E-state index contributed by atoms with van der Waals surface area (Å²) in [7, 11) is 3.77. The molecule has 1 unspecified atom stereocenters. The zero-order valence-electron chi connectivity index (χ0n) is 10.8. The molecule has 0 aliphatic carbocycles. The molecule has 0 bridgehead atoms. The van der Waals surface area contributed by atoms with Crippen molar-refractivity contribution in [3.63, 3.8) is 0 Å². The Labute approximate surface area is 99.0 Å². The van der Waals surface area contributed by atoms with Gasteiger partial charge in [-0.3, -0.25) is 0 Å². The lowest BCUT2D eigenvalue weighted by molar-refractivity contribution is 0.184. The highest BCUT2D eigenvalue weighted by Gasteiger charge is 2.07. The minimum Gasteiger partial charge on any atom is -0.385 e. The van der Waals surface area contributed by atoms with E-state index in [1.54, 1.807) is 7.11 Å². The largest absolute Gasteiger partial charge is 0.385 e.